The monoisotopic (exact) mass is 249 g/mol. The Morgan fingerprint density at radius 2 is 2.12 bits per heavy atom. The highest BCUT2D eigenvalue weighted by molar-refractivity contribution is 6.31. The van der Waals surface area contributed by atoms with E-state index in [1.165, 1.54) is 25.7 Å². The Morgan fingerprint density at radius 1 is 1.35 bits per heavy atom. The molecule has 0 unspecified atom stereocenters. The van der Waals surface area contributed by atoms with Crippen LogP contribution in [0.3, 0.4) is 0 Å². The lowest BCUT2D eigenvalue weighted by molar-refractivity contribution is 0.0889. The third-order valence-corrected chi connectivity index (χ3v) is 3.62. The van der Waals surface area contributed by atoms with Gasteiger partial charge in [-0.25, -0.2) is 0 Å². The van der Waals surface area contributed by atoms with Gasteiger partial charge in [0.25, 0.3) is 0 Å². The van der Waals surface area contributed by atoms with Crippen molar-refractivity contribution in [3.8, 4) is 6.07 Å². The number of halogens is 1. The lowest BCUT2D eigenvalue weighted by Gasteiger charge is -2.10. The van der Waals surface area contributed by atoms with Crippen LogP contribution in [-0.4, -0.2) is 6.61 Å². The molecule has 0 amide bonds. The standard InChI is InChI=1S/C14H16ClNO/c15-14-7-12(8-16)5-6-13(14)10-17-9-11-3-1-2-4-11/h5-7,11H,1-4,9-10H2. The van der Waals surface area contributed by atoms with E-state index in [2.05, 4.69) is 6.07 Å². The average Bonchev–Trinajstić information content (AvgIpc) is 2.84. The minimum atomic E-state index is 0.543. The number of nitriles is 1. The molecule has 0 atom stereocenters. The van der Waals surface area contributed by atoms with Gasteiger partial charge >= 0.3 is 0 Å². The zero-order valence-corrected chi connectivity index (χ0v) is 10.5. The highest BCUT2D eigenvalue weighted by atomic mass is 35.5. The van der Waals surface area contributed by atoms with Crippen LogP contribution in [0.25, 0.3) is 0 Å². The molecule has 0 radical (unpaired) electrons. The molecule has 1 aliphatic carbocycles. The lowest BCUT2D eigenvalue weighted by Crippen LogP contribution is -2.05. The van der Waals surface area contributed by atoms with Crippen LogP contribution >= 0.6 is 11.6 Å². The molecule has 0 saturated heterocycles. The molecular formula is C14H16ClNO. The maximum atomic E-state index is 8.73. The van der Waals surface area contributed by atoms with Crippen LogP contribution in [-0.2, 0) is 11.3 Å². The van der Waals surface area contributed by atoms with Gasteiger partial charge in [0.1, 0.15) is 0 Å². The summed E-state index contributed by atoms with van der Waals surface area (Å²) >= 11 is 6.07. The molecular weight excluding hydrogens is 234 g/mol. The molecule has 0 aliphatic heterocycles. The molecule has 0 spiro atoms. The van der Waals surface area contributed by atoms with Gasteiger partial charge < -0.3 is 4.74 Å². The van der Waals surface area contributed by atoms with Gasteiger partial charge in [0.2, 0.25) is 0 Å². The van der Waals surface area contributed by atoms with E-state index in [4.69, 9.17) is 21.6 Å². The predicted octanol–water partition coefficient (Wildman–Crippen LogP) is 3.92. The molecule has 1 aromatic rings. The van der Waals surface area contributed by atoms with E-state index >= 15 is 0 Å². The van der Waals surface area contributed by atoms with E-state index in [0.29, 0.717) is 17.2 Å². The van der Waals surface area contributed by atoms with Crippen molar-refractivity contribution in [1.82, 2.24) is 0 Å². The van der Waals surface area contributed by atoms with Gasteiger partial charge in [0, 0.05) is 11.6 Å². The van der Waals surface area contributed by atoms with Crippen molar-refractivity contribution in [2.45, 2.75) is 32.3 Å². The molecule has 1 aromatic carbocycles. The van der Waals surface area contributed by atoms with Crippen LogP contribution in [0, 0.1) is 17.2 Å². The van der Waals surface area contributed by atoms with Gasteiger partial charge in [-0.1, -0.05) is 30.5 Å². The summed E-state index contributed by atoms with van der Waals surface area (Å²) in [4.78, 5) is 0. The van der Waals surface area contributed by atoms with Gasteiger partial charge in [0.05, 0.1) is 18.2 Å². The van der Waals surface area contributed by atoms with Crippen LogP contribution in [0.4, 0.5) is 0 Å². The molecule has 0 heterocycles. The van der Waals surface area contributed by atoms with Crippen LogP contribution in [0.2, 0.25) is 5.02 Å². The lowest BCUT2D eigenvalue weighted by atomic mass is 10.1. The van der Waals surface area contributed by atoms with Gasteiger partial charge in [-0.3, -0.25) is 0 Å². The molecule has 0 N–H and O–H groups in total. The second kappa shape index (κ2) is 6.05. The quantitative estimate of drug-likeness (QED) is 0.810. The first-order valence-electron chi connectivity index (χ1n) is 6.06. The summed E-state index contributed by atoms with van der Waals surface area (Å²) in [6, 6.07) is 7.41. The fourth-order valence-corrected chi connectivity index (χ4v) is 2.48. The molecule has 0 bridgehead atoms. The number of rotatable bonds is 4. The van der Waals surface area contributed by atoms with E-state index in [1.807, 2.05) is 6.07 Å². The molecule has 2 nitrogen and oxygen atoms in total. The maximum absolute atomic E-state index is 8.73. The number of benzene rings is 1. The summed E-state index contributed by atoms with van der Waals surface area (Å²) in [5.74, 6) is 0.729. The Labute approximate surface area is 107 Å². The second-order valence-electron chi connectivity index (χ2n) is 4.58. The van der Waals surface area contributed by atoms with Crippen LogP contribution < -0.4 is 0 Å². The molecule has 1 aliphatic rings. The summed E-state index contributed by atoms with van der Waals surface area (Å²) in [5, 5.41) is 9.35. The zero-order chi connectivity index (χ0) is 12.1. The van der Waals surface area contributed by atoms with E-state index < -0.39 is 0 Å². The molecule has 1 fully saturated rings. The van der Waals surface area contributed by atoms with Crippen molar-refractivity contribution < 1.29 is 4.74 Å². The van der Waals surface area contributed by atoms with Crippen molar-refractivity contribution in [2.24, 2.45) is 5.92 Å². The van der Waals surface area contributed by atoms with Crippen LogP contribution in [0.5, 0.6) is 0 Å². The zero-order valence-electron chi connectivity index (χ0n) is 9.79. The highest BCUT2D eigenvalue weighted by Gasteiger charge is 2.15. The highest BCUT2D eigenvalue weighted by Crippen LogP contribution is 2.25. The molecule has 0 aromatic heterocycles. The van der Waals surface area contributed by atoms with Crippen LogP contribution in [0.15, 0.2) is 18.2 Å². The predicted molar refractivity (Wildman–Crippen MR) is 67.8 cm³/mol. The number of hydrogen-bond donors (Lipinski definition) is 0. The Bertz CT molecular complexity index is 419. The maximum Gasteiger partial charge on any atom is 0.0992 e. The Kier molecular flexibility index (Phi) is 4.42. The summed E-state index contributed by atoms with van der Waals surface area (Å²) in [7, 11) is 0. The van der Waals surface area contributed by atoms with Crippen molar-refractivity contribution in [3.63, 3.8) is 0 Å². The van der Waals surface area contributed by atoms with Gasteiger partial charge in [0.15, 0.2) is 0 Å². The molecule has 90 valence electrons. The first-order chi connectivity index (χ1) is 8.29. The average molecular weight is 250 g/mol. The second-order valence-corrected chi connectivity index (χ2v) is 4.99. The van der Waals surface area contributed by atoms with Gasteiger partial charge in [-0.05, 0) is 36.5 Å². The smallest absolute Gasteiger partial charge is 0.0992 e. The molecule has 17 heavy (non-hydrogen) atoms. The minimum Gasteiger partial charge on any atom is -0.376 e. The SMILES string of the molecule is N#Cc1ccc(COCC2CCCC2)c(Cl)c1. The third-order valence-electron chi connectivity index (χ3n) is 3.27. The first kappa shape index (κ1) is 12.4. The Hall–Kier alpha value is -1.04. The van der Waals surface area contributed by atoms with Crippen molar-refractivity contribution >= 4 is 11.6 Å². The largest absolute Gasteiger partial charge is 0.376 e. The summed E-state index contributed by atoms with van der Waals surface area (Å²) in [6.07, 6.45) is 5.26. The summed E-state index contributed by atoms with van der Waals surface area (Å²) in [6.45, 7) is 1.37. The number of ether oxygens (including phenoxy) is 1. The van der Waals surface area contributed by atoms with E-state index in [1.54, 1.807) is 12.1 Å². The van der Waals surface area contributed by atoms with Crippen molar-refractivity contribution in [3.05, 3.63) is 34.3 Å². The molecule has 3 heteroatoms. The van der Waals surface area contributed by atoms with Gasteiger partial charge in [-0.15, -0.1) is 0 Å². The molecule has 1 saturated carbocycles. The fourth-order valence-electron chi connectivity index (χ4n) is 2.25. The van der Waals surface area contributed by atoms with Crippen LogP contribution in [0.1, 0.15) is 36.8 Å². The fraction of sp³-hybridized carbons (Fsp3) is 0.500. The van der Waals surface area contributed by atoms with Crippen molar-refractivity contribution in [2.75, 3.05) is 6.61 Å². The summed E-state index contributed by atoms with van der Waals surface area (Å²) < 4.78 is 5.69. The number of nitrogens with zero attached hydrogens (tertiary/aromatic N) is 1. The first-order valence-corrected chi connectivity index (χ1v) is 6.43. The minimum absolute atomic E-state index is 0.543. The summed E-state index contributed by atoms with van der Waals surface area (Å²) in [5.41, 5.74) is 1.55. The third kappa shape index (κ3) is 3.46. The van der Waals surface area contributed by atoms with Gasteiger partial charge in [-0.2, -0.15) is 5.26 Å². The van der Waals surface area contributed by atoms with Crippen molar-refractivity contribution in [1.29, 1.82) is 5.26 Å². The number of hydrogen-bond acceptors (Lipinski definition) is 2. The normalized spacial score (nSPS) is 16.0. The van der Waals surface area contributed by atoms with E-state index in [9.17, 15) is 0 Å². The Morgan fingerprint density at radius 3 is 2.76 bits per heavy atom. The van der Waals surface area contributed by atoms with E-state index in [0.717, 1.165) is 18.1 Å². The topological polar surface area (TPSA) is 33.0 Å². The molecule has 2 rings (SSSR count). The van der Waals surface area contributed by atoms with E-state index in [-0.39, 0.29) is 0 Å². The Balaban J connectivity index is 1.84.